The zero-order valence-corrected chi connectivity index (χ0v) is 15.7. The van der Waals surface area contributed by atoms with E-state index in [-0.39, 0.29) is 27.6 Å². The van der Waals surface area contributed by atoms with Crippen LogP contribution in [0.2, 0.25) is 5.02 Å². The van der Waals surface area contributed by atoms with Gasteiger partial charge in [-0.25, -0.2) is 9.37 Å². The van der Waals surface area contributed by atoms with Crippen LogP contribution in [0, 0.1) is 12.7 Å². The van der Waals surface area contributed by atoms with Crippen LogP contribution in [0.15, 0.2) is 47.0 Å². The van der Waals surface area contributed by atoms with E-state index in [0.29, 0.717) is 13.0 Å². The van der Waals surface area contributed by atoms with Gasteiger partial charge in [0.25, 0.3) is 5.91 Å². The SMILES string of the molecule is Cc1onc(-c2c(F)cccc2Cl)c1C(=O)NCCc1nc2ccccc2[nH]1. The van der Waals surface area contributed by atoms with Crippen LogP contribution in [0.4, 0.5) is 4.39 Å². The molecule has 1 amide bonds. The summed E-state index contributed by atoms with van der Waals surface area (Å²) in [5.74, 6) is 0.0674. The minimum absolute atomic E-state index is 0.0449. The lowest BCUT2D eigenvalue weighted by molar-refractivity contribution is 0.0953. The first-order valence-corrected chi connectivity index (χ1v) is 9.05. The van der Waals surface area contributed by atoms with Crippen LogP contribution < -0.4 is 5.32 Å². The standard InChI is InChI=1S/C20H16ClFN4O2/c1-11-17(19(26-28-11)18-12(21)5-4-6-13(18)22)20(27)23-10-9-16-24-14-7-2-3-8-15(14)25-16/h2-8H,9-10H2,1H3,(H,23,27)(H,24,25). The van der Waals surface area contributed by atoms with Gasteiger partial charge in [-0.15, -0.1) is 0 Å². The molecular weight excluding hydrogens is 383 g/mol. The van der Waals surface area contributed by atoms with Crippen molar-refractivity contribution in [3.05, 3.63) is 70.5 Å². The number of aryl methyl sites for hydroxylation is 1. The second kappa shape index (κ2) is 7.44. The quantitative estimate of drug-likeness (QED) is 0.525. The molecule has 0 spiro atoms. The lowest BCUT2D eigenvalue weighted by Gasteiger charge is -2.07. The maximum atomic E-state index is 14.3. The molecule has 8 heteroatoms. The Labute approximate surface area is 164 Å². The normalized spacial score (nSPS) is 11.1. The topological polar surface area (TPSA) is 83.8 Å². The molecule has 0 saturated heterocycles. The van der Waals surface area contributed by atoms with Gasteiger partial charge in [-0.1, -0.05) is 35.0 Å². The fourth-order valence-electron chi connectivity index (χ4n) is 3.04. The molecule has 142 valence electrons. The van der Waals surface area contributed by atoms with Gasteiger partial charge in [0.2, 0.25) is 0 Å². The number of rotatable bonds is 5. The molecule has 4 rings (SSSR count). The van der Waals surface area contributed by atoms with Crippen molar-refractivity contribution < 1.29 is 13.7 Å². The Hall–Kier alpha value is -3.19. The number of hydrogen-bond donors (Lipinski definition) is 2. The summed E-state index contributed by atoms with van der Waals surface area (Å²) in [6.45, 7) is 1.94. The molecule has 0 bridgehead atoms. The molecule has 0 atom stereocenters. The van der Waals surface area contributed by atoms with Gasteiger partial charge in [0.05, 0.1) is 21.6 Å². The minimum Gasteiger partial charge on any atom is -0.360 e. The van der Waals surface area contributed by atoms with E-state index in [9.17, 15) is 9.18 Å². The van der Waals surface area contributed by atoms with Crippen molar-refractivity contribution in [2.45, 2.75) is 13.3 Å². The molecule has 2 aromatic heterocycles. The Morgan fingerprint density at radius 2 is 2.07 bits per heavy atom. The minimum atomic E-state index is -0.572. The summed E-state index contributed by atoms with van der Waals surface area (Å²) in [6.07, 6.45) is 0.514. The van der Waals surface area contributed by atoms with Gasteiger partial charge in [0.1, 0.15) is 28.7 Å². The lowest BCUT2D eigenvalue weighted by Crippen LogP contribution is -2.26. The third-order valence-corrected chi connectivity index (χ3v) is 4.69. The zero-order chi connectivity index (χ0) is 19.7. The van der Waals surface area contributed by atoms with E-state index >= 15 is 0 Å². The summed E-state index contributed by atoms with van der Waals surface area (Å²) in [5, 5.41) is 6.81. The van der Waals surface area contributed by atoms with E-state index in [0.717, 1.165) is 16.9 Å². The van der Waals surface area contributed by atoms with Crippen molar-refractivity contribution in [3.8, 4) is 11.3 Å². The number of para-hydroxylation sites is 2. The van der Waals surface area contributed by atoms with E-state index < -0.39 is 11.7 Å². The summed E-state index contributed by atoms with van der Waals surface area (Å²) in [6, 6.07) is 12.0. The van der Waals surface area contributed by atoms with E-state index in [4.69, 9.17) is 16.1 Å². The summed E-state index contributed by atoms with van der Waals surface area (Å²) in [4.78, 5) is 20.4. The van der Waals surface area contributed by atoms with Gasteiger partial charge in [0.15, 0.2) is 0 Å². The first-order valence-electron chi connectivity index (χ1n) is 8.67. The van der Waals surface area contributed by atoms with Crippen LogP contribution in [-0.2, 0) is 6.42 Å². The highest BCUT2D eigenvalue weighted by Crippen LogP contribution is 2.33. The number of halogens is 2. The number of carbonyl (C=O) groups is 1. The second-order valence-electron chi connectivity index (χ2n) is 6.27. The maximum absolute atomic E-state index is 14.3. The number of imidazole rings is 1. The van der Waals surface area contributed by atoms with Crippen molar-refractivity contribution >= 4 is 28.5 Å². The van der Waals surface area contributed by atoms with Crippen molar-refractivity contribution in [2.75, 3.05) is 6.54 Å². The number of nitrogens with one attached hydrogen (secondary N) is 2. The van der Waals surface area contributed by atoms with Crippen molar-refractivity contribution in [1.82, 2.24) is 20.4 Å². The van der Waals surface area contributed by atoms with Gasteiger partial charge in [-0.05, 0) is 31.2 Å². The van der Waals surface area contributed by atoms with E-state index in [1.807, 2.05) is 24.3 Å². The average molecular weight is 399 g/mol. The summed E-state index contributed by atoms with van der Waals surface area (Å²) >= 11 is 6.11. The number of nitrogens with zero attached hydrogens (tertiary/aromatic N) is 2. The molecule has 6 nitrogen and oxygen atoms in total. The van der Waals surface area contributed by atoms with Crippen molar-refractivity contribution in [2.24, 2.45) is 0 Å². The highest BCUT2D eigenvalue weighted by Gasteiger charge is 2.25. The second-order valence-corrected chi connectivity index (χ2v) is 6.67. The summed E-state index contributed by atoms with van der Waals surface area (Å²) < 4.78 is 19.4. The van der Waals surface area contributed by atoms with Crippen molar-refractivity contribution in [1.29, 1.82) is 0 Å². The Bertz CT molecular complexity index is 1110. The summed E-state index contributed by atoms with van der Waals surface area (Å²) in [7, 11) is 0. The molecule has 2 N–H and O–H groups in total. The van der Waals surface area contributed by atoms with Gasteiger partial charge < -0.3 is 14.8 Å². The predicted molar refractivity (Wildman–Crippen MR) is 104 cm³/mol. The monoisotopic (exact) mass is 398 g/mol. The zero-order valence-electron chi connectivity index (χ0n) is 14.9. The number of aromatic amines is 1. The number of amides is 1. The first-order chi connectivity index (χ1) is 13.5. The van der Waals surface area contributed by atoms with Crippen LogP contribution in [0.25, 0.3) is 22.3 Å². The van der Waals surface area contributed by atoms with Crippen LogP contribution in [0.5, 0.6) is 0 Å². The third kappa shape index (κ3) is 3.36. The predicted octanol–water partition coefficient (Wildman–Crippen LogP) is 4.29. The molecule has 0 aliphatic heterocycles. The molecule has 28 heavy (non-hydrogen) atoms. The molecular formula is C20H16ClFN4O2. The van der Waals surface area contributed by atoms with Gasteiger partial charge >= 0.3 is 0 Å². The Balaban J connectivity index is 1.52. The summed E-state index contributed by atoms with van der Waals surface area (Å²) in [5.41, 5.74) is 2.10. The number of benzene rings is 2. The molecule has 4 aromatic rings. The number of aromatic nitrogens is 3. The van der Waals surface area contributed by atoms with Gasteiger partial charge in [-0.2, -0.15) is 0 Å². The maximum Gasteiger partial charge on any atom is 0.257 e. The van der Waals surface area contributed by atoms with Crippen LogP contribution in [0.3, 0.4) is 0 Å². The molecule has 0 unspecified atom stereocenters. The molecule has 2 aromatic carbocycles. The number of carbonyl (C=O) groups excluding carboxylic acids is 1. The highest BCUT2D eigenvalue weighted by molar-refractivity contribution is 6.33. The molecule has 2 heterocycles. The Morgan fingerprint density at radius 1 is 1.25 bits per heavy atom. The largest absolute Gasteiger partial charge is 0.360 e. The van der Waals surface area contributed by atoms with E-state index in [1.54, 1.807) is 6.92 Å². The van der Waals surface area contributed by atoms with Gasteiger partial charge in [0, 0.05) is 13.0 Å². The third-order valence-electron chi connectivity index (χ3n) is 4.38. The van der Waals surface area contributed by atoms with E-state index in [2.05, 4.69) is 20.4 Å². The number of H-pyrrole nitrogens is 1. The Kier molecular flexibility index (Phi) is 4.83. The number of hydrogen-bond acceptors (Lipinski definition) is 4. The molecule has 0 aliphatic carbocycles. The smallest absolute Gasteiger partial charge is 0.257 e. The van der Waals surface area contributed by atoms with Crippen molar-refractivity contribution in [3.63, 3.8) is 0 Å². The average Bonchev–Trinajstić information content (AvgIpc) is 3.24. The molecule has 0 saturated carbocycles. The highest BCUT2D eigenvalue weighted by atomic mass is 35.5. The lowest BCUT2D eigenvalue weighted by atomic mass is 10.0. The Morgan fingerprint density at radius 3 is 2.86 bits per heavy atom. The fourth-order valence-corrected chi connectivity index (χ4v) is 3.29. The van der Waals surface area contributed by atoms with Crippen LogP contribution >= 0.6 is 11.6 Å². The molecule has 0 fully saturated rings. The van der Waals surface area contributed by atoms with Crippen LogP contribution in [-0.4, -0.2) is 27.6 Å². The van der Waals surface area contributed by atoms with Gasteiger partial charge in [-0.3, -0.25) is 4.79 Å². The fraction of sp³-hybridized carbons (Fsp3) is 0.150. The first kappa shape index (κ1) is 18.2. The van der Waals surface area contributed by atoms with E-state index in [1.165, 1.54) is 18.2 Å². The van der Waals surface area contributed by atoms with Crippen LogP contribution in [0.1, 0.15) is 21.9 Å². The molecule has 0 aliphatic rings. The molecule has 0 radical (unpaired) electrons. The number of fused-ring (bicyclic) bond motifs is 1.